The Morgan fingerprint density at radius 3 is 2.14 bits per heavy atom. The predicted molar refractivity (Wildman–Crippen MR) is 163 cm³/mol. The Balaban J connectivity index is 1.33. The quantitative estimate of drug-likeness (QED) is 0.149. The van der Waals surface area contributed by atoms with Crippen molar-refractivity contribution in [3.8, 4) is 34.0 Å². The predicted octanol–water partition coefficient (Wildman–Crippen LogP) is 6.73. The molecule has 1 heterocycles. The molecule has 0 aliphatic heterocycles. The highest BCUT2D eigenvalue weighted by Gasteiger charge is 2.23. The summed E-state index contributed by atoms with van der Waals surface area (Å²) < 4.78 is 25.1. The molecule has 0 spiro atoms. The van der Waals surface area contributed by atoms with Gasteiger partial charge < -0.3 is 19.9 Å². The van der Waals surface area contributed by atoms with Crippen LogP contribution in [0.1, 0.15) is 54.9 Å². The minimum absolute atomic E-state index is 0.0114. The Morgan fingerprint density at radius 1 is 0.860 bits per heavy atom. The number of carbonyl (C=O) groups excluding carboxylic acids is 1. The van der Waals surface area contributed by atoms with Gasteiger partial charge in [0.05, 0.1) is 19.3 Å². The van der Waals surface area contributed by atoms with Gasteiger partial charge in [0, 0.05) is 36.0 Å². The highest BCUT2D eigenvalue weighted by Crippen LogP contribution is 2.24. The van der Waals surface area contributed by atoms with Gasteiger partial charge in [-0.3, -0.25) is 4.79 Å². The number of ether oxygens (including phenoxy) is 2. The summed E-state index contributed by atoms with van der Waals surface area (Å²) in [5, 5.41) is 12.1. The number of carbonyl (C=O) groups is 2. The van der Waals surface area contributed by atoms with E-state index in [0.717, 1.165) is 41.5 Å². The number of amides is 1. The van der Waals surface area contributed by atoms with Crippen LogP contribution < -0.4 is 14.8 Å². The van der Waals surface area contributed by atoms with E-state index in [1.54, 1.807) is 36.7 Å². The molecule has 3 aromatic carbocycles. The van der Waals surface area contributed by atoms with E-state index in [1.165, 1.54) is 44.9 Å². The van der Waals surface area contributed by atoms with Crippen LogP contribution in [0.15, 0.2) is 79.1 Å². The molecule has 1 amide bonds. The Labute approximate surface area is 250 Å². The third-order valence-corrected chi connectivity index (χ3v) is 7.03. The summed E-state index contributed by atoms with van der Waals surface area (Å²) in [7, 11) is 1.38. The second kappa shape index (κ2) is 15.4. The van der Waals surface area contributed by atoms with Crippen LogP contribution in [-0.4, -0.2) is 46.7 Å². The molecule has 0 aliphatic carbocycles. The highest BCUT2D eigenvalue weighted by molar-refractivity contribution is 5.97. The number of unbranched alkanes of at least 4 members (excludes halogenated alkanes) is 4. The molecule has 1 aromatic heterocycles. The summed E-state index contributed by atoms with van der Waals surface area (Å²) in [6.45, 7) is 2.92. The van der Waals surface area contributed by atoms with E-state index in [0.29, 0.717) is 11.4 Å². The number of hydrogen-bond acceptors (Lipinski definition) is 6. The van der Waals surface area contributed by atoms with Gasteiger partial charge in [-0.25, -0.2) is 19.2 Å². The zero-order valence-electron chi connectivity index (χ0n) is 24.4. The maximum atomic E-state index is 14.3. The number of aliphatic carboxylic acids is 1. The van der Waals surface area contributed by atoms with Crippen molar-refractivity contribution in [1.29, 1.82) is 0 Å². The third kappa shape index (κ3) is 8.85. The summed E-state index contributed by atoms with van der Waals surface area (Å²) in [5.41, 5.74) is 3.02. The van der Waals surface area contributed by atoms with E-state index >= 15 is 0 Å². The molecule has 0 fully saturated rings. The molecule has 0 bridgehead atoms. The summed E-state index contributed by atoms with van der Waals surface area (Å²) in [4.78, 5) is 33.4. The number of halogens is 1. The Kier molecular flexibility index (Phi) is 11.2. The molecular formula is C34H36FN3O5. The van der Waals surface area contributed by atoms with Crippen LogP contribution in [0.4, 0.5) is 4.39 Å². The first kappa shape index (κ1) is 31.2. The Bertz CT molecular complexity index is 1490. The molecule has 0 aliphatic rings. The van der Waals surface area contributed by atoms with Crippen molar-refractivity contribution in [3.63, 3.8) is 0 Å². The number of methoxy groups -OCH3 is 1. The number of carboxylic acid groups (broad SMARTS) is 1. The largest absolute Gasteiger partial charge is 0.497 e. The molecule has 4 rings (SSSR count). The van der Waals surface area contributed by atoms with E-state index < -0.39 is 23.7 Å². The van der Waals surface area contributed by atoms with Crippen LogP contribution in [0, 0.1) is 5.82 Å². The van der Waals surface area contributed by atoms with Crippen LogP contribution in [0.25, 0.3) is 22.5 Å². The van der Waals surface area contributed by atoms with Crippen molar-refractivity contribution in [2.24, 2.45) is 0 Å². The van der Waals surface area contributed by atoms with Crippen LogP contribution >= 0.6 is 0 Å². The second-order valence-corrected chi connectivity index (χ2v) is 10.2. The number of carboxylic acids is 1. The van der Waals surface area contributed by atoms with E-state index in [9.17, 15) is 19.1 Å². The standard InChI is InChI=1S/C34H36FN3O5/c1-3-4-5-6-7-18-43-27-14-12-24(13-15-27)26-21-36-32(37-22-26)25-10-8-23(9-11-25)19-31(34(40)41)38-33(39)29-17-16-28(42-2)20-30(29)35/h8-17,20-22,31H,3-7,18-19H2,1-2H3,(H,38,39)(H,40,41). The van der Waals surface area contributed by atoms with Crippen LogP contribution in [0.3, 0.4) is 0 Å². The fraction of sp³-hybridized carbons (Fsp3) is 0.294. The smallest absolute Gasteiger partial charge is 0.326 e. The lowest BCUT2D eigenvalue weighted by molar-refractivity contribution is -0.139. The van der Waals surface area contributed by atoms with Gasteiger partial charge in [0.1, 0.15) is 23.4 Å². The van der Waals surface area contributed by atoms with Crippen molar-refractivity contribution in [2.45, 2.75) is 51.5 Å². The normalized spacial score (nSPS) is 11.5. The second-order valence-electron chi connectivity index (χ2n) is 10.2. The minimum Gasteiger partial charge on any atom is -0.497 e. The van der Waals surface area contributed by atoms with Gasteiger partial charge in [0.25, 0.3) is 5.91 Å². The topological polar surface area (TPSA) is 111 Å². The zero-order chi connectivity index (χ0) is 30.6. The van der Waals surface area contributed by atoms with Crippen molar-refractivity contribution < 1.29 is 28.6 Å². The molecule has 9 heteroatoms. The molecule has 0 saturated carbocycles. The van der Waals surface area contributed by atoms with Gasteiger partial charge in [-0.15, -0.1) is 0 Å². The maximum Gasteiger partial charge on any atom is 0.326 e. The average molecular weight is 586 g/mol. The number of aromatic nitrogens is 2. The first-order valence-electron chi connectivity index (χ1n) is 14.4. The van der Waals surface area contributed by atoms with Gasteiger partial charge in [-0.1, -0.05) is 69.0 Å². The lowest BCUT2D eigenvalue weighted by Crippen LogP contribution is -2.42. The third-order valence-electron chi connectivity index (χ3n) is 7.03. The number of rotatable bonds is 15. The Hall–Kier alpha value is -4.79. The SMILES string of the molecule is CCCCCCCOc1ccc(-c2cnc(-c3ccc(CC(NC(=O)c4ccc(OC)cc4F)C(=O)O)cc3)nc2)cc1. The van der Waals surface area contributed by atoms with Crippen LogP contribution in [-0.2, 0) is 11.2 Å². The molecule has 0 saturated heterocycles. The molecule has 43 heavy (non-hydrogen) atoms. The maximum absolute atomic E-state index is 14.3. The first-order chi connectivity index (χ1) is 20.9. The summed E-state index contributed by atoms with van der Waals surface area (Å²) in [6.07, 6.45) is 9.52. The highest BCUT2D eigenvalue weighted by atomic mass is 19.1. The van der Waals surface area contributed by atoms with Crippen molar-refractivity contribution >= 4 is 11.9 Å². The van der Waals surface area contributed by atoms with Gasteiger partial charge in [0.2, 0.25) is 0 Å². The number of benzene rings is 3. The summed E-state index contributed by atoms with van der Waals surface area (Å²) in [5.74, 6) is -1.23. The summed E-state index contributed by atoms with van der Waals surface area (Å²) >= 11 is 0. The average Bonchev–Trinajstić information content (AvgIpc) is 3.03. The van der Waals surface area contributed by atoms with Gasteiger partial charge >= 0.3 is 5.97 Å². The molecule has 8 nitrogen and oxygen atoms in total. The minimum atomic E-state index is -1.25. The monoisotopic (exact) mass is 585 g/mol. The van der Waals surface area contributed by atoms with E-state index in [4.69, 9.17) is 9.47 Å². The van der Waals surface area contributed by atoms with Crippen molar-refractivity contribution in [1.82, 2.24) is 15.3 Å². The molecule has 1 unspecified atom stereocenters. The zero-order valence-corrected chi connectivity index (χ0v) is 24.4. The number of hydrogen-bond donors (Lipinski definition) is 2. The van der Waals surface area contributed by atoms with Gasteiger partial charge in [-0.05, 0) is 41.8 Å². The Morgan fingerprint density at radius 2 is 1.51 bits per heavy atom. The van der Waals surface area contributed by atoms with E-state index in [1.807, 2.05) is 24.3 Å². The van der Waals surface area contributed by atoms with Gasteiger partial charge in [0.15, 0.2) is 5.82 Å². The lowest BCUT2D eigenvalue weighted by atomic mass is 10.0. The molecule has 2 N–H and O–H groups in total. The van der Waals surface area contributed by atoms with Crippen LogP contribution in [0.5, 0.6) is 11.5 Å². The summed E-state index contributed by atoms with van der Waals surface area (Å²) in [6, 6.07) is 17.5. The van der Waals surface area contributed by atoms with E-state index in [2.05, 4.69) is 22.2 Å². The van der Waals surface area contributed by atoms with Crippen molar-refractivity contribution in [3.05, 3.63) is 96.1 Å². The fourth-order valence-corrected chi connectivity index (χ4v) is 4.53. The van der Waals surface area contributed by atoms with Gasteiger partial charge in [-0.2, -0.15) is 0 Å². The first-order valence-corrected chi connectivity index (χ1v) is 14.4. The van der Waals surface area contributed by atoms with E-state index in [-0.39, 0.29) is 17.7 Å². The molecule has 1 atom stereocenters. The molecule has 224 valence electrons. The molecule has 4 aromatic rings. The lowest BCUT2D eigenvalue weighted by Gasteiger charge is -2.15. The number of nitrogens with one attached hydrogen (secondary N) is 1. The molecular weight excluding hydrogens is 549 g/mol. The van der Waals surface area contributed by atoms with Crippen molar-refractivity contribution in [2.75, 3.05) is 13.7 Å². The molecule has 0 radical (unpaired) electrons. The fourth-order valence-electron chi connectivity index (χ4n) is 4.53. The van der Waals surface area contributed by atoms with Crippen LogP contribution in [0.2, 0.25) is 0 Å². The number of nitrogens with zero attached hydrogens (tertiary/aromatic N) is 2.